The maximum absolute atomic E-state index is 12.0. The number of carbonyl (C=O) groups excluding carboxylic acids is 1. The van der Waals surface area contributed by atoms with E-state index in [-0.39, 0.29) is 11.2 Å². The molecule has 1 heterocycles. The number of hydrogen-bond donors (Lipinski definition) is 1. The molecule has 0 aliphatic heterocycles. The first-order valence-corrected chi connectivity index (χ1v) is 6.85. The molecule has 0 bridgehead atoms. The summed E-state index contributed by atoms with van der Waals surface area (Å²) in [7, 11) is 0. The van der Waals surface area contributed by atoms with Crippen molar-refractivity contribution in [3.63, 3.8) is 0 Å². The summed E-state index contributed by atoms with van der Waals surface area (Å²) < 4.78 is 1.85. The van der Waals surface area contributed by atoms with Crippen molar-refractivity contribution >= 4 is 17.1 Å². The maximum Gasteiger partial charge on any atom is 0.182 e. The van der Waals surface area contributed by atoms with Crippen LogP contribution in [0.15, 0.2) is 5.38 Å². The lowest BCUT2D eigenvalue weighted by atomic mass is 9.91. The molecule has 1 rings (SSSR count). The van der Waals surface area contributed by atoms with E-state index in [9.17, 15) is 4.79 Å². The lowest BCUT2D eigenvalue weighted by Gasteiger charge is -2.18. The van der Waals surface area contributed by atoms with E-state index in [0.29, 0.717) is 17.3 Å². The Balaban J connectivity index is 2.94. The van der Waals surface area contributed by atoms with Crippen molar-refractivity contribution < 1.29 is 4.79 Å². The third-order valence-corrected chi connectivity index (χ3v) is 3.49. The number of aromatic nitrogens is 1. The number of rotatable bonds is 4. The molecule has 0 aromatic carbocycles. The molecule has 0 fully saturated rings. The van der Waals surface area contributed by atoms with Crippen molar-refractivity contribution in [2.45, 2.75) is 47.6 Å². The van der Waals surface area contributed by atoms with Gasteiger partial charge in [-0.3, -0.25) is 10.2 Å². The minimum Gasteiger partial charge on any atom is -0.314 e. The minimum atomic E-state index is -0.337. The topological polar surface area (TPSA) is 45.9 Å². The number of carbonyl (C=O) groups is 1. The lowest BCUT2D eigenvalue weighted by molar-refractivity contribution is -0.126. The summed E-state index contributed by atoms with van der Waals surface area (Å²) in [5.74, 6) is 0.722. The molecule has 1 aromatic heterocycles. The Labute approximate surface area is 107 Å². The summed E-state index contributed by atoms with van der Waals surface area (Å²) in [6.07, 6.45) is 0.923. The van der Waals surface area contributed by atoms with E-state index < -0.39 is 0 Å². The standard InChI is InChI=1S/C13H22N2OS/c1-9(2)6-10-8-17-12(14)15(10)7-11(16)13(3,4)5/h8-9,14H,6-7H2,1-5H3. The molecule has 96 valence electrons. The molecule has 17 heavy (non-hydrogen) atoms. The molecule has 0 unspecified atom stereocenters. The second-order valence-electron chi connectivity index (χ2n) is 5.89. The van der Waals surface area contributed by atoms with Gasteiger partial charge in [-0.25, -0.2) is 0 Å². The van der Waals surface area contributed by atoms with Gasteiger partial charge in [0, 0.05) is 16.5 Å². The molecule has 0 atom stereocenters. The van der Waals surface area contributed by atoms with E-state index in [1.165, 1.54) is 11.3 Å². The van der Waals surface area contributed by atoms with Crippen LogP contribution in [-0.4, -0.2) is 10.4 Å². The molecule has 0 amide bonds. The molecule has 0 saturated heterocycles. The van der Waals surface area contributed by atoms with Crippen LogP contribution in [0.25, 0.3) is 0 Å². The average Bonchev–Trinajstić information content (AvgIpc) is 2.47. The molecule has 4 heteroatoms. The van der Waals surface area contributed by atoms with Gasteiger partial charge < -0.3 is 4.57 Å². The van der Waals surface area contributed by atoms with Crippen LogP contribution >= 0.6 is 11.3 Å². The zero-order valence-electron chi connectivity index (χ0n) is 11.3. The number of nitrogens with one attached hydrogen (secondary N) is 1. The second-order valence-corrected chi connectivity index (χ2v) is 6.75. The molecule has 0 saturated carbocycles. The second kappa shape index (κ2) is 5.17. The fraction of sp³-hybridized carbons (Fsp3) is 0.692. The summed E-state index contributed by atoms with van der Waals surface area (Å²) >= 11 is 1.40. The van der Waals surface area contributed by atoms with Crippen LogP contribution in [0.1, 0.15) is 40.3 Å². The Morgan fingerprint density at radius 3 is 2.53 bits per heavy atom. The Hall–Kier alpha value is -0.900. The number of thiazole rings is 1. The highest BCUT2D eigenvalue weighted by Gasteiger charge is 2.22. The molecular weight excluding hydrogens is 232 g/mol. The van der Waals surface area contributed by atoms with Crippen LogP contribution in [0, 0.1) is 16.7 Å². The quantitative estimate of drug-likeness (QED) is 0.882. The largest absolute Gasteiger partial charge is 0.314 e. The van der Waals surface area contributed by atoms with E-state index in [1.807, 2.05) is 30.7 Å². The maximum atomic E-state index is 12.0. The highest BCUT2D eigenvalue weighted by molar-refractivity contribution is 7.07. The Kier molecular flexibility index (Phi) is 4.31. The summed E-state index contributed by atoms with van der Waals surface area (Å²) in [4.78, 5) is 12.5. The van der Waals surface area contributed by atoms with Gasteiger partial charge in [0.1, 0.15) is 0 Å². The SMILES string of the molecule is CC(C)Cc1csc(=N)n1CC(=O)C(C)(C)C. The highest BCUT2D eigenvalue weighted by atomic mass is 32.1. The van der Waals surface area contributed by atoms with Gasteiger partial charge >= 0.3 is 0 Å². The molecule has 0 radical (unpaired) electrons. The van der Waals surface area contributed by atoms with Crippen LogP contribution < -0.4 is 4.80 Å². The molecular formula is C13H22N2OS. The number of hydrogen-bond acceptors (Lipinski definition) is 3. The van der Waals surface area contributed by atoms with Gasteiger partial charge in [-0.1, -0.05) is 34.6 Å². The van der Waals surface area contributed by atoms with Crippen LogP contribution in [-0.2, 0) is 17.8 Å². The fourth-order valence-electron chi connectivity index (χ4n) is 1.51. The number of Topliss-reactive ketones (excluding diaryl/α,β-unsaturated/α-hetero) is 1. The first-order chi connectivity index (χ1) is 7.71. The minimum absolute atomic E-state index is 0.180. The van der Waals surface area contributed by atoms with Crippen molar-refractivity contribution in [2.24, 2.45) is 11.3 Å². The number of ketones is 1. The van der Waals surface area contributed by atoms with E-state index >= 15 is 0 Å². The van der Waals surface area contributed by atoms with Gasteiger partial charge in [0.2, 0.25) is 0 Å². The van der Waals surface area contributed by atoms with Gasteiger partial charge in [0.25, 0.3) is 0 Å². The highest BCUT2D eigenvalue weighted by Crippen LogP contribution is 2.17. The molecule has 0 aliphatic rings. The Morgan fingerprint density at radius 1 is 1.47 bits per heavy atom. The van der Waals surface area contributed by atoms with Gasteiger partial charge in [0.15, 0.2) is 10.6 Å². The van der Waals surface area contributed by atoms with Crippen LogP contribution in [0.3, 0.4) is 0 Å². The van der Waals surface area contributed by atoms with Crippen molar-refractivity contribution in [1.29, 1.82) is 5.41 Å². The van der Waals surface area contributed by atoms with E-state index in [1.54, 1.807) is 0 Å². The smallest absolute Gasteiger partial charge is 0.182 e. The van der Waals surface area contributed by atoms with Crippen molar-refractivity contribution in [3.05, 3.63) is 15.9 Å². The summed E-state index contributed by atoms with van der Waals surface area (Å²) in [5, 5.41) is 9.86. The predicted molar refractivity (Wildman–Crippen MR) is 71.2 cm³/mol. The molecule has 1 N–H and O–H groups in total. The Bertz CT molecular complexity index is 449. The van der Waals surface area contributed by atoms with E-state index in [4.69, 9.17) is 5.41 Å². The zero-order chi connectivity index (χ0) is 13.2. The van der Waals surface area contributed by atoms with Crippen molar-refractivity contribution in [1.82, 2.24) is 4.57 Å². The molecule has 0 spiro atoms. The molecule has 3 nitrogen and oxygen atoms in total. The average molecular weight is 254 g/mol. The van der Waals surface area contributed by atoms with Gasteiger partial charge in [-0.05, 0) is 12.3 Å². The van der Waals surface area contributed by atoms with Gasteiger partial charge in [-0.2, -0.15) is 0 Å². The van der Waals surface area contributed by atoms with Crippen LogP contribution in [0.5, 0.6) is 0 Å². The van der Waals surface area contributed by atoms with Crippen LogP contribution in [0.2, 0.25) is 0 Å². The first kappa shape index (κ1) is 14.2. The monoisotopic (exact) mass is 254 g/mol. The zero-order valence-corrected chi connectivity index (χ0v) is 12.1. The number of nitrogens with zero attached hydrogens (tertiary/aromatic N) is 1. The van der Waals surface area contributed by atoms with E-state index in [0.717, 1.165) is 12.1 Å². The third kappa shape index (κ3) is 3.80. The first-order valence-electron chi connectivity index (χ1n) is 5.97. The summed E-state index contributed by atoms with van der Waals surface area (Å²) in [6.45, 7) is 10.4. The van der Waals surface area contributed by atoms with Crippen LogP contribution in [0.4, 0.5) is 0 Å². The van der Waals surface area contributed by atoms with Crippen molar-refractivity contribution in [2.75, 3.05) is 0 Å². The normalized spacial score (nSPS) is 12.1. The summed E-state index contributed by atoms with van der Waals surface area (Å²) in [5.41, 5.74) is 0.767. The fourth-order valence-corrected chi connectivity index (χ4v) is 2.29. The Morgan fingerprint density at radius 2 is 2.06 bits per heavy atom. The van der Waals surface area contributed by atoms with Crippen molar-refractivity contribution in [3.8, 4) is 0 Å². The van der Waals surface area contributed by atoms with Gasteiger partial charge in [-0.15, -0.1) is 11.3 Å². The lowest BCUT2D eigenvalue weighted by Crippen LogP contribution is -2.30. The molecule has 0 aliphatic carbocycles. The van der Waals surface area contributed by atoms with E-state index in [2.05, 4.69) is 13.8 Å². The van der Waals surface area contributed by atoms with Gasteiger partial charge in [0.05, 0.1) is 6.54 Å². The third-order valence-electron chi connectivity index (χ3n) is 2.65. The summed E-state index contributed by atoms with van der Waals surface area (Å²) in [6, 6.07) is 0. The predicted octanol–water partition coefficient (Wildman–Crippen LogP) is 2.84. The molecule has 1 aromatic rings.